The molecule has 8 nitrogen and oxygen atoms in total. The van der Waals surface area contributed by atoms with Crippen molar-refractivity contribution >= 4 is 21.5 Å². The molecule has 0 spiro atoms. The number of rotatable bonds is 6. The Morgan fingerprint density at radius 2 is 2.11 bits per heavy atom. The largest absolute Gasteiger partial charge is 0.367 e. The van der Waals surface area contributed by atoms with Crippen LogP contribution in [0.5, 0.6) is 0 Å². The molecule has 9 heteroatoms. The van der Waals surface area contributed by atoms with Crippen LogP contribution < -0.4 is 10.0 Å². The van der Waals surface area contributed by atoms with Crippen LogP contribution in [0.2, 0.25) is 0 Å². The van der Waals surface area contributed by atoms with E-state index in [9.17, 15) is 8.42 Å². The monoisotopic (exact) mass is 284 g/mol. The number of anilines is 1. The van der Waals surface area contributed by atoms with Gasteiger partial charge in [0, 0.05) is 25.5 Å². The molecule has 19 heavy (non-hydrogen) atoms. The highest BCUT2D eigenvalue weighted by Gasteiger charge is 2.06. The van der Waals surface area contributed by atoms with Crippen LogP contribution in [0.4, 0.5) is 5.82 Å². The van der Waals surface area contributed by atoms with E-state index in [1.54, 1.807) is 12.4 Å². The number of hydrogen-bond acceptors (Lipinski definition) is 6. The number of aromatic nitrogens is 4. The van der Waals surface area contributed by atoms with Crippen molar-refractivity contribution in [1.82, 2.24) is 24.3 Å². The molecule has 0 aromatic carbocycles. The second-order valence-corrected chi connectivity index (χ2v) is 6.00. The quantitative estimate of drug-likeness (QED) is 0.711. The Morgan fingerprint density at radius 1 is 1.32 bits per heavy atom. The number of hydrogen-bond donors (Lipinski definition) is 2. The van der Waals surface area contributed by atoms with Crippen molar-refractivity contribution in [3.8, 4) is 0 Å². The van der Waals surface area contributed by atoms with E-state index >= 15 is 0 Å². The molecule has 0 bridgehead atoms. The molecule has 0 atom stereocenters. The van der Waals surface area contributed by atoms with Gasteiger partial charge in [0.15, 0.2) is 5.82 Å². The summed E-state index contributed by atoms with van der Waals surface area (Å²) in [6, 6.07) is 0. The Bertz CT molecular complexity index is 666. The molecular weight excluding hydrogens is 268 g/mol. The number of sulfonamides is 1. The van der Waals surface area contributed by atoms with Crippen molar-refractivity contribution in [2.75, 3.05) is 24.7 Å². The second-order valence-electron chi connectivity index (χ2n) is 4.16. The van der Waals surface area contributed by atoms with Gasteiger partial charge in [-0.05, 0) is 13.3 Å². The van der Waals surface area contributed by atoms with E-state index in [1.165, 1.54) is 0 Å². The predicted molar refractivity (Wildman–Crippen MR) is 71.5 cm³/mol. The van der Waals surface area contributed by atoms with Crippen molar-refractivity contribution in [2.45, 2.75) is 13.3 Å². The van der Waals surface area contributed by atoms with Crippen molar-refractivity contribution < 1.29 is 8.42 Å². The molecule has 2 N–H and O–H groups in total. The minimum atomic E-state index is -3.12. The van der Waals surface area contributed by atoms with Gasteiger partial charge >= 0.3 is 0 Å². The lowest BCUT2D eigenvalue weighted by molar-refractivity contribution is 0.586. The van der Waals surface area contributed by atoms with Gasteiger partial charge in [-0.1, -0.05) is 0 Å². The normalized spacial score (nSPS) is 11.9. The summed E-state index contributed by atoms with van der Waals surface area (Å²) in [4.78, 5) is 4.19. The lowest BCUT2D eigenvalue weighted by Crippen LogP contribution is -2.24. The lowest BCUT2D eigenvalue weighted by Gasteiger charge is -2.06. The first kappa shape index (κ1) is 13.7. The SMILES string of the molecule is Cc1nnc2c(NCCCNS(C)(=O)=O)nccn12. The highest BCUT2D eigenvalue weighted by atomic mass is 32.2. The van der Waals surface area contributed by atoms with E-state index in [4.69, 9.17) is 0 Å². The Hall–Kier alpha value is -1.74. The van der Waals surface area contributed by atoms with E-state index in [-0.39, 0.29) is 0 Å². The minimum Gasteiger partial charge on any atom is -0.367 e. The number of nitrogens with zero attached hydrogens (tertiary/aromatic N) is 4. The van der Waals surface area contributed by atoms with Crippen LogP contribution in [0.1, 0.15) is 12.2 Å². The second kappa shape index (κ2) is 5.49. The fourth-order valence-corrected chi connectivity index (χ4v) is 2.13. The molecule has 0 aliphatic carbocycles. The molecule has 0 unspecified atom stereocenters. The van der Waals surface area contributed by atoms with Crippen LogP contribution >= 0.6 is 0 Å². The minimum absolute atomic E-state index is 0.390. The Kier molecular flexibility index (Phi) is 3.96. The maximum atomic E-state index is 10.9. The van der Waals surface area contributed by atoms with Gasteiger partial charge in [0.1, 0.15) is 5.82 Å². The van der Waals surface area contributed by atoms with Gasteiger partial charge in [0.2, 0.25) is 15.7 Å². The summed E-state index contributed by atoms with van der Waals surface area (Å²) in [7, 11) is -3.12. The zero-order chi connectivity index (χ0) is 13.9. The van der Waals surface area contributed by atoms with Crippen LogP contribution in [-0.2, 0) is 10.0 Å². The van der Waals surface area contributed by atoms with E-state index in [0.29, 0.717) is 31.0 Å². The summed E-state index contributed by atoms with van der Waals surface area (Å²) in [5, 5.41) is 11.1. The number of nitrogens with one attached hydrogen (secondary N) is 2. The van der Waals surface area contributed by atoms with Gasteiger partial charge in [-0.3, -0.25) is 4.40 Å². The molecule has 0 saturated carbocycles. The van der Waals surface area contributed by atoms with Crippen molar-refractivity contribution in [3.05, 3.63) is 18.2 Å². The summed E-state index contributed by atoms with van der Waals surface area (Å²) >= 11 is 0. The predicted octanol–water partition coefficient (Wildman–Crippen LogP) is -0.216. The number of aryl methyl sites for hydroxylation is 1. The van der Waals surface area contributed by atoms with Gasteiger partial charge in [-0.2, -0.15) is 0 Å². The topological polar surface area (TPSA) is 101 Å². The zero-order valence-corrected chi connectivity index (χ0v) is 11.6. The summed E-state index contributed by atoms with van der Waals surface area (Å²) in [6.45, 7) is 2.85. The highest BCUT2D eigenvalue weighted by Crippen LogP contribution is 2.11. The van der Waals surface area contributed by atoms with Gasteiger partial charge in [0.25, 0.3) is 0 Å². The molecular formula is C10H16N6O2S. The zero-order valence-electron chi connectivity index (χ0n) is 10.8. The van der Waals surface area contributed by atoms with Crippen molar-refractivity contribution in [2.24, 2.45) is 0 Å². The molecule has 0 saturated heterocycles. The van der Waals surface area contributed by atoms with Gasteiger partial charge in [0.05, 0.1) is 6.26 Å². The maximum absolute atomic E-state index is 10.9. The molecule has 2 heterocycles. The molecule has 0 radical (unpaired) electrons. The summed E-state index contributed by atoms with van der Waals surface area (Å²) in [5.74, 6) is 1.43. The Balaban J connectivity index is 1.92. The third kappa shape index (κ3) is 3.61. The van der Waals surface area contributed by atoms with Crippen molar-refractivity contribution in [3.63, 3.8) is 0 Å². The third-order valence-corrected chi connectivity index (χ3v) is 3.24. The van der Waals surface area contributed by atoms with Crippen LogP contribution in [0.15, 0.2) is 12.4 Å². The van der Waals surface area contributed by atoms with E-state index in [0.717, 1.165) is 12.1 Å². The van der Waals surface area contributed by atoms with Crippen molar-refractivity contribution in [1.29, 1.82) is 0 Å². The summed E-state index contributed by atoms with van der Waals surface area (Å²) in [5.41, 5.74) is 0.663. The standard InChI is InChI=1S/C10H16N6O2S/c1-8-14-15-10-9(12-6-7-16(8)10)11-4-3-5-13-19(2,17)18/h6-7,13H,3-5H2,1-2H3,(H,11,12). The van der Waals surface area contributed by atoms with Gasteiger partial charge < -0.3 is 5.32 Å². The molecule has 0 aliphatic heterocycles. The first-order chi connectivity index (χ1) is 8.97. The molecule has 104 valence electrons. The molecule has 0 amide bonds. The Morgan fingerprint density at radius 3 is 2.84 bits per heavy atom. The summed E-state index contributed by atoms with van der Waals surface area (Å²) in [6.07, 6.45) is 5.26. The molecule has 2 rings (SSSR count). The first-order valence-electron chi connectivity index (χ1n) is 5.82. The Labute approximate surface area is 111 Å². The van der Waals surface area contributed by atoms with Crippen LogP contribution in [0.25, 0.3) is 5.65 Å². The third-order valence-electron chi connectivity index (χ3n) is 2.51. The van der Waals surface area contributed by atoms with Gasteiger partial charge in [-0.15, -0.1) is 10.2 Å². The summed E-state index contributed by atoms with van der Waals surface area (Å²) < 4.78 is 26.0. The molecule has 0 fully saturated rings. The fraction of sp³-hybridized carbons (Fsp3) is 0.500. The van der Waals surface area contributed by atoms with Crippen LogP contribution in [-0.4, -0.2) is 47.3 Å². The van der Waals surface area contributed by atoms with Gasteiger partial charge in [-0.25, -0.2) is 18.1 Å². The average molecular weight is 284 g/mol. The van der Waals surface area contributed by atoms with Crippen LogP contribution in [0, 0.1) is 6.92 Å². The number of fused-ring (bicyclic) bond motifs is 1. The average Bonchev–Trinajstić information content (AvgIpc) is 2.70. The fourth-order valence-electron chi connectivity index (χ4n) is 1.62. The smallest absolute Gasteiger partial charge is 0.208 e. The highest BCUT2D eigenvalue weighted by molar-refractivity contribution is 7.88. The van der Waals surface area contributed by atoms with E-state index in [1.807, 2.05) is 11.3 Å². The molecule has 0 aliphatic rings. The first-order valence-corrected chi connectivity index (χ1v) is 7.71. The van der Waals surface area contributed by atoms with E-state index in [2.05, 4.69) is 25.2 Å². The van der Waals surface area contributed by atoms with E-state index < -0.39 is 10.0 Å². The maximum Gasteiger partial charge on any atom is 0.208 e. The van der Waals surface area contributed by atoms with Crippen LogP contribution in [0.3, 0.4) is 0 Å². The molecule has 2 aromatic heterocycles. The lowest BCUT2D eigenvalue weighted by atomic mass is 10.4. The molecule has 2 aromatic rings.